The lowest BCUT2D eigenvalue weighted by atomic mass is 9.88. The highest BCUT2D eigenvalue weighted by molar-refractivity contribution is 7.25. The molecule has 3 rings (SSSR count). The van der Waals surface area contributed by atoms with Gasteiger partial charge in [-0.05, 0) is 23.1 Å². The molecule has 0 aliphatic carbocycles. The molecule has 0 spiro atoms. The van der Waals surface area contributed by atoms with Crippen molar-refractivity contribution in [2.75, 3.05) is 0 Å². The fourth-order valence-electron chi connectivity index (χ4n) is 1.90. The monoisotopic (exact) mass is 242 g/mol. The summed E-state index contributed by atoms with van der Waals surface area (Å²) in [4.78, 5) is 8.78. The molecule has 0 aliphatic heterocycles. The van der Waals surface area contributed by atoms with Gasteiger partial charge in [-0.2, -0.15) is 0 Å². The van der Waals surface area contributed by atoms with Crippen LogP contribution in [0.15, 0.2) is 30.7 Å². The molecule has 86 valence electrons. The Bertz CT molecular complexity index is 692. The van der Waals surface area contributed by atoms with Crippen LogP contribution in [0.1, 0.15) is 26.3 Å². The van der Waals surface area contributed by atoms with E-state index in [2.05, 4.69) is 42.9 Å². The van der Waals surface area contributed by atoms with Crippen molar-refractivity contribution >= 4 is 31.6 Å². The van der Waals surface area contributed by atoms with E-state index in [1.807, 2.05) is 18.6 Å². The summed E-state index contributed by atoms with van der Waals surface area (Å²) in [5.41, 5.74) is 2.51. The van der Waals surface area contributed by atoms with E-state index in [1.165, 1.54) is 15.0 Å². The maximum Gasteiger partial charge on any atom is 0.0904 e. The first-order chi connectivity index (χ1) is 8.05. The van der Waals surface area contributed by atoms with Gasteiger partial charge < -0.3 is 0 Å². The van der Waals surface area contributed by atoms with E-state index >= 15 is 0 Å². The minimum atomic E-state index is 0.148. The van der Waals surface area contributed by atoms with Crippen LogP contribution in [-0.4, -0.2) is 9.97 Å². The Morgan fingerprint density at radius 3 is 2.71 bits per heavy atom. The SMILES string of the molecule is CC(C)(C)c1cnc2c(c1)sc1ccncc12. The molecular weight excluding hydrogens is 228 g/mol. The summed E-state index contributed by atoms with van der Waals surface area (Å²) in [5, 5.41) is 1.16. The number of nitrogens with zero attached hydrogens (tertiary/aromatic N) is 2. The molecule has 0 N–H and O–H groups in total. The van der Waals surface area contributed by atoms with E-state index in [-0.39, 0.29) is 5.41 Å². The zero-order chi connectivity index (χ0) is 12.0. The number of rotatable bonds is 0. The summed E-state index contributed by atoms with van der Waals surface area (Å²) >= 11 is 1.79. The van der Waals surface area contributed by atoms with Crippen molar-refractivity contribution in [3.05, 3.63) is 36.3 Å². The number of thiophene rings is 1. The maximum atomic E-state index is 4.61. The molecule has 0 radical (unpaired) electrons. The van der Waals surface area contributed by atoms with E-state index in [1.54, 1.807) is 11.3 Å². The van der Waals surface area contributed by atoms with E-state index in [0.29, 0.717) is 0 Å². The number of pyridine rings is 2. The molecule has 0 saturated carbocycles. The minimum absolute atomic E-state index is 0.148. The van der Waals surface area contributed by atoms with Crippen LogP contribution in [0.2, 0.25) is 0 Å². The van der Waals surface area contributed by atoms with Gasteiger partial charge in [0.2, 0.25) is 0 Å². The molecule has 3 aromatic rings. The first-order valence-electron chi connectivity index (χ1n) is 5.68. The Kier molecular flexibility index (Phi) is 2.20. The van der Waals surface area contributed by atoms with E-state index in [9.17, 15) is 0 Å². The van der Waals surface area contributed by atoms with Gasteiger partial charge in [0.25, 0.3) is 0 Å². The first-order valence-corrected chi connectivity index (χ1v) is 6.50. The van der Waals surface area contributed by atoms with Crippen LogP contribution < -0.4 is 0 Å². The van der Waals surface area contributed by atoms with Crippen LogP contribution in [0.25, 0.3) is 20.3 Å². The molecule has 3 heterocycles. The van der Waals surface area contributed by atoms with Crippen molar-refractivity contribution in [1.82, 2.24) is 9.97 Å². The minimum Gasteiger partial charge on any atom is -0.264 e. The zero-order valence-corrected chi connectivity index (χ0v) is 11.0. The molecule has 0 fully saturated rings. The third-order valence-corrected chi connectivity index (χ3v) is 4.08. The van der Waals surface area contributed by atoms with Crippen molar-refractivity contribution < 1.29 is 0 Å². The largest absolute Gasteiger partial charge is 0.264 e. The second kappa shape index (κ2) is 3.50. The van der Waals surface area contributed by atoms with Gasteiger partial charge in [0, 0.05) is 28.7 Å². The molecular formula is C14H14N2S. The molecule has 0 amide bonds. The summed E-state index contributed by atoms with van der Waals surface area (Å²) in [7, 11) is 0. The molecule has 0 aliphatic rings. The molecule has 2 nitrogen and oxygen atoms in total. The van der Waals surface area contributed by atoms with Gasteiger partial charge in [0.15, 0.2) is 0 Å². The van der Waals surface area contributed by atoms with E-state index in [0.717, 1.165) is 10.9 Å². The average molecular weight is 242 g/mol. The zero-order valence-electron chi connectivity index (χ0n) is 10.2. The molecule has 0 bridgehead atoms. The second-order valence-electron chi connectivity index (χ2n) is 5.29. The fourth-order valence-corrected chi connectivity index (χ4v) is 2.97. The van der Waals surface area contributed by atoms with Gasteiger partial charge in [0.1, 0.15) is 0 Å². The quantitative estimate of drug-likeness (QED) is 0.592. The number of hydrogen-bond acceptors (Lipinski definition) is 3. The summed E-state index contributed by atoms with van der Waals surface area (Å²) in [6, 6.07) is 4.31. The van der Waals surface area contributed by atoms with Crippen molar-refractivity contribution in [2.45, 2.75) is 26.2 Å². The van der Waals surface area contributed by atoms with Gasteiger partial charge >= 0.3 is 0 Å². The first kappa shape index (κ1) is 10.7. The third kappa shape index (κ3) is 1.71. The maximum absolute atomic E-state index is 4.61. The predicted molar refractivity (Wildman–Crippen MR) is 73.6 cm³/mol. The van der Waals surface area contributed by atoms with E-state index in [4.69, 9.17) is 0 Å². The van der Waals surface area contributed by atoms with Crippen LogP contribution >= 0.6 is 11.3 Å². The smallest absolute Gasteiger partial charge is 0.0904 e. The molecule has 17 heavy (non-hydrogen) atoms. The Hall–Kier alpha value is -1.48. The Labute approximate surface area is 104 Å². The summed E-state index contributed by atoms with van der Waals surface area (Å²) in [6.45, 7) is 6.64. The Morgan fingerprint density at radius 2 is 1.94 bits per heavy atom. The van der Waals surface area contributed by atoms with Crippen molar-refractivity contribution in [2.24, 2.45) is 0 Å². The summed E-state index contributed by atoms with van der Waals surface area (Å²) < 4.78 is 2.51. The third-order valence-electron chi connectivity index (χ3n) is 2.97. The van der Waals surface area contributed by atoms with Crippen molar-refractivity contribution in [3.63, 3.8) is 0 Å². The normalized spacial score (nSPS) is 12.4. The van der Waals surface area contributed by atoms with Gasteiger partial charge in [-0.25, -0.2) is 0 Å². The lowest BCUT2D eigenvalue weighted by molar-refractivity contribution is 0.589. The van der Waals surface area contributed by atoms with Gasteiger partial charge in [0.05, 0.1) is 10.2 Å². The van der Waals surface area contributed by atoms with Gasteiger partial charge in [-0.15, -0.1) is 11.3 Å². The van der Waals surface area contributed by atoms with Crippen LogP contribution in [-0.2, 0) is 5.41 Å². The topological polar surface area (TPSA) is 25.8 Å². The standard InChI is InChI=1S/C14H14N2S/c1-14(2,3)9-6-12-13(16-7-9)10-8-15-5-4-11(10)17-12/h4-8H,1-3H3. The number of hydrogen-bond donors (Lipinski definition) is 0. The van der Waals surface area contributed by atoms with Crippen molar-refractivity contribution in [1.29, 1.82) is 0 Å². The molecule has 0 atom stereocenters. The molecule has 0 aromatic carbocycles. The number of fused-ring (bicyclic) bond motifs is 3. The molecule has 3 aromatic heterocycles. The predicted octanol–water partition coefficient (Wildman–Crippen LogP) is 4.14. The highest BCUT2D eigenvalue weighted by Gasteiger charge is 2.16. The molecule has 0 unspecified atom stereocenters. The highest BCUT2D eigenvalue weighted by atomic mass is 32.1. The average Bonchev–Trinajstić information content (AvgIpc) is 2.65. The second-order valence-corrected chi connectivity index (χ2v) is 6.38. The van der Waals surface area contributed by atoms with Crippen LogP contribution in [0.3, 0.4) is 0 Å². The van der Waals surface area contributed by atoms with Crippen LogP contribution in [0.5, 0.6) is 0 Å². The fraction of sp³-hybridized carbons (Fsp3) is 0.286. The van der Waals surface area contributed by atoms with Crippen molar-refractivity contribution in [3.8, 4) is 0 Å². The van der Waals surface area contributed by atoms with Gasteiger partial charge in [-0.3, -0.25) is 9.97 Å². The Morgan fingerprint density at radius 1 is 1.12 bits per heavy atom. The Balaban J connectivity index is 2.34. The lowest BCUT2D eigenvalue weighted by Gasteiger charge is -2.18. The molecule has 0 saturated heterocycles. The van der Waals surface area contributed by atoms with Crippen LogP contribution in [0.4, 0.5) is 0 Å². The van der Waals surface area contributed by atoms with Crippen LogP contribution in [0, 0.1) is 0 Å². The summed E-state index contributed by atoms with van der Waals surface area (Å²) in [6.07, 6.45) is 5.72. The summed E-state index contributed by atoms with van der Waals surface area (Å²) in [5.74, 6) is 0. The molecule has 3 heteroatoms. The number of aromatic nitrogens is 2. The highest BCUT2D eigenvalue weighted by Crippen LogP contribution is 2.34. The lowest BCUT2D eigenvalue weighted by Crippen LogP contribution is -2.10. The van der Waals surface area contributed by atoms with E-state index < -0.39 is 0 Å². The van der Waals surface area contributed by atoms with Gasteiger partial charge in [-0.1, -0.05) is 20.8 Å².